The highest BCUT2D eigenvalue weighted by Gasteiger charge is 2.09. The molecule has 0 bridgehead atoms. The number of hydrogen-bond donors (Lipinski definition) is 4. The molecule has 0 aliphatic carbocycles. The van der Waals surface area contributed by atoms with Crippen LogP contribution in [0.15, 0.2) is 0 Å². The van der Waals surface area contributed by atoms with Crippen LogP contribution in [-0.4, -0.2) is 34.7 Å². The van der Waals surface area contributed by atoms with Gasteiger partial charge in [0.25, 0.3) is 0 Å². The molecule has 26 heavy (non-hydrogen) atoms. The van der Waals surface area contributed by atoms with Crippen molar-refractivity contribution in [2.75, 3.05) is 6.54 Å². The predicted octanol–water partition coefficient (Wildman–Crippen LogP) is 4.30. The topological polar surface area (TPSA) is 127 Å². The van der Waals surface area contributed by atoms with Crippen LogP contribution in [-0.2, 0) is 9.59 Å². The Balaban J connectivity index is 0. The van der Waals surface area contributed by atoms with E-state index >= 15 is 0 Å². The number of carboxylic acid groups (broad SMARTS) is 2. The highest BCUT2D eigenvalue weighted by atomic mass is 16.4. The molecule has 0 radical (unpaired) electrons. The Morgan fingerprint density at radius 2 is 1.23 bits per heavy atom. The van der Waals surface area contributed by atoms with Gasteiger partial charge in [-0.3, -0.25) is 9.59 Å². The molecule has 0 aliphatic heterocycles. The molecule has 6 nitrogen and oxygen atoms in total. The van der Waals surface area contributed by atoms with Crippen molar-refractivity contribution in [1.82, 2.24) is 0 Å². The molecule has 0 unspecified atom stereocenters. The zero-order valence-electron chi connectivity index (χ0n) is 16.8. The largest absolute Gasteiger partial charge is 0.481 e. The molecular weight excluding hydrogens is 332 g/mol. The van der Waals surface area contributed by atoms with Crippen LogP contribution in [0.1, 0.15) is 103 Å². The van der Waals surface area contributed by atoms with Gasteiger partial charge in [0.2, 0.25) is 0 Å². The quantitative estimate of drug-likeness (QED) is 0.281. The van der Waals surface area contributed by atoms with Crippen LogP contribution in [0.2, 0.25) is 0 Å². The van der Waals surface area contributed by atoms with Crippen LogP contribution in [0.4, 0.5) is 0 Å². The van der Waals surface area contributed by atoms with E-state index in [-0.39, 0.29) is 0 Å². The summed E-state index contributed by atoms with van der Waals surface area (Å²) in [5.41, 5.74) is 10.4. The van der Waals surface area contributed by atoms with E-state index in [1.54, 1.807) is 0 Å². The van der Waals surface area contributed by atoms with Crippen molar-refractivity contribution < 1.29 is 19.8 Å². The molecule has 6 heteroatoms. The third-order valence-corrected chi connectivity index (χ3v) is 4.28. The summed E-state index contributed by atoms with van der Waals surface area (Å²) in [5.74, 6) is -1.59. The number of rotatable bonds is 17. The monoisotopic (exact) mass is 374 g/mol. The van der Waals surface area contributed by atoms with Crippen LogP contribution < -0.4 is 11.5 Å². The van der Waals surface area contributed by atoms with Crippen molar-refractivity contribution in [2.45, 2.75) is 109 Å². The standard InChI is InChI=1S/C14H28O2.C6H14N2O2/c1-2-3-4-5-6-7-8-9-10-11-12-13-14(15)16;7-4-2-1-3-5(8)6(9)10/h2-13H2,1H3,(H,15,16);5H,1-4,7-8H2,(H,9,10)/t;5-/m.0/s1. The molecule has 0 saturated heterocycles. The third kappa shape index (κ3) is 25.1. The summed E-state index contributed by atoms with van der Waals surface area (Å²) in [6, 6.07) is -0.716. The molecule has 156 valence electrons. The molecule has 0 aromatic heterocycles. The van der Waals surface area contributed by atoms with Gasteiger partial charge in [-0.05, 0) is 25.8 Å². The molecule has 0 aromatic rings. The molecule has 0 aliphatic rings. The minimum Gasteiger partial charge on any atom is -0.481 e. The van der Waals surface area contributed by atoms with E-state index in [1.807, 2.05) is 0 Å². The minimum absolute atomic E-state index is 0.344. The zero-order chi connectivity index (χ0) is 20.0. The van der Waals surface area contributed by atoms with E-state index in [0.717, 1.165) is 25.7 Å². The second-order valence-electron chi connectivity index (χ2n) is 6.91. The van der Waals surface area contributed by atoms with Crippen LogP contribution >= 0.6 is 0 Å². The Morgan fingerprint density at radius 3 is 1.62 bits per heavy atom. The van der Waals surface area contributed by atoms with Crippen molar-refractivity contribution in [2.24, 2.45) is 11.5 Å². The molecule has 6 N–H and O–H groups in total. The van der Waals surface area contributed by atoms with Crippen LogP contribution in [0.3, 0.4) is 0 Å². The van der Waals surface area contributed by atoms with Gasteiger partial charge in [0.1, 0.15) is 6.04 Å². The van der Waals surface area contributed by atoms with Gasteiger partial charge >= 0.3 is 11.9 Å². The van der Waals surface area contributed by atoms with Gasteiger partial charge in [0, 0.05) is 6.42 Å². The molecular formula is C20H42N2O4. The van der Waals surface area contributed by atoms with E-state index in [0.29, 0.717) is 19.4 Å². The minimum atomic E-state index is -0.933. The SMILES string of the molecule is CCCCCCCCCCCCCC(=O)O.NCCCC[C@H](N)C(=O)O. The van der Waals surface area contributed by atoms with Crippen molar-refractivity contribution in [1.29, 1.82) is 0 Å². The van der Waals surface area contributed by atoms with E-state index in [2.05, 4.69) is 6.92 Å². The smallest absolute Gasteiger partial charge is 0.320 e. The lowest BCUT2D eigenvalue weighted by atomic mass is 10.1. The van der Waals surface area contributed by atoms with E-state index < -0.39 is 18.0 Å². The Labute approximate surface area is 159 Å². The highest BCUT2D eigenvalue weighted by molar-refractivity contribution is 5.72. The van der Waals surface area contributed by atoms with Gasteiger partial charge in [-0.2, -0.15) is 0 Å². The average molecular weight is 375 g/mol. The summed E-state index contributed by atoms with van der Waals surface area (Å²) in [7, 11) is 0. The Bertz CT molecular complexity index is 325. The molecule has 0 amide bonds. The lowest BCUT2D eigenvalue weighted by Gasteiger charge is -2.03. The fourth-order valence-electron chi connectivity index (χ4n) is 2.57. The third-order valence-electron chi connectivity index (χ3n) is 4.28. The van der Waals surface area contributed by atoms with Crippen LogP contribution in [0, 0.1) is 0 Å². The Kier molecular flexibility index (Phi) is 22.8. The number of unbranched alkanes of at least 4 members (excludes halogenated alkanes) is 11. The number of nitrogens with two attached hydrogens (primary N) is 2. The van der Waals surface area contributed by atoms with E-state index in [9.17, 15) is 9.59 Å². The molecule has 0 saturated carbocycles. The molecule has 0 heterocycles. The Hall–Kier alpha value is -1.14. The second-order valence-corrected chi connectivity index (χ2v) is 6.91. The lowest BCUT2D eigenvalue weighted by Crippen LogP contribution is -2.29. The van der Waals surface area contributed by atoms with Crippen molar-refractivity contribution in [3.63, 3.8) is 0 Å². The summed E-state index contributed by atoms with van der Waals surface area (Å²) < 4.78 is 0. The first-order valence-electron chi connectivity index (χ1n) is 10.4. The lowest BCUT2D eigenvalue weighted by molar-refractivity contribution is -0.139. The zero-order valence-corrected chi connectivity index (χ0v) is 16.8. The van der Waals surface area contributed by atoms with Gasteiger partial charge in [0.05, 0.1) is 0 Å². The number of carboxylic acids is 2. The van der Waals surface area contributed by atoms with Gasteiger partial charge in [-0.1, -0.05) is 77.6 Å². The number of carbonyl (C=O) groups is 2. The van der Waals surface area contributed by atoms with Crippen molar-refractivity contribution in [3.05, 3.63) is 0 Å². The molecule has 0 aromatic carbocycles. The summed E-state index contributed by atoms with van der Waals surface area (Å²) in [6.07, 6.45) is 16.5. The first-order chi connectivity index (χ1) is 12.5. The average Bonchev–Trinajstić information content (AvgIpc) is 2.60. The second kappa shape index (κ2) is 21.9. The first kappa shape index (κ1) is 27.1. The van der Waals surface area contributed by atoms with Gasteiger partial charge in [0.15, 0.2) is 0 Å². The van der Waals surface area contributed by atoms with E-state index in [1.165, 1.54) is 57.8 Å². The highest BCUT2D eigenvalue weighted by Crippen LogP contribution is 2.11. The fraction of sp³-hybridized carbons (Fsp3) is 0.900. The van der Waals surface area contributed by atoms with Gasteiger partial charge in [-0.25, -0.2) is 0 Å². The number of aliphatic carboxylic acids is 2. The van der Waals surface area contributed by atoms with Crippen molar-refractivity contribution in [3.8, 4) is 0 Å². The van der Waals surface area contributed by atoms with Gasteiger partial charge in [-0.15, -0.1) is 0 Å². The molecule has 0 spiro atoms. The molecule has 0 rings (SSSR count). The maximum absolute atomic E-state index is 10.3. The fourth-order valence-corrected chi connectivity index (χ4v) is 2.57. The maximum atomic E-state index is 10.3. The van der Waals surface area contributed by atoms with Gasteiger partial charge < -0.3 is 21.7 Å². The van der Waals surface area contributed by atoms with Crippen LogP contribution in [0.5, 0.6) is 0 Å². The predicted molar refractivity (Wildman–Crippen MR) is 107 cm³/mol. The Morgan fingerprint density at radius 1 is 0.769 bits per heavy atom. The van der Waals surface area contributed by atoms with Crippen LogP contribution in [0.25, 0.3) is 0 Å². The normalized spacial score (nSPS) is 11.5. The summed E-state index contributed by atoms with van der Waals surface area (Å²) in [5, 5.41) is 16.8. The van der Waals surface area contributed by atoms with Crippen molar-refractivity contribution >= 4 is 11.9 Å². The summed E-state index contributed by atoms with van der Waals surface area (Å²) in [6.45, 7) is 2.85. The summed E-state index contributed by atoms with van der Waals surface area (Å²) >= 11 is 0. The molecule has 0 fully saturated rings. The van der Waals surface area contributed by atoms with E-state index in [4.69, 9.17) is 21.7 Å². The first-order valence-corrected chi connectivity index (χ1v) is 10.4. The number of hydrogen-bond acceptors (Lipinski definition) is 4. The molecule has 1 atom stereocenters. The summed E-state index contributed by atoms with van der Waals surface area (Å²) in [4.78, 5) is 20.4. The maximum Gasteiger partial charge on any atom is 0.320 e.